The fourth-order valence-electron chi connectivity index (χ4n) is 4.56. The lowest BCUT2D eigenvalue weighted by Gasteiger charge is -2.27. The molecule has 2 nitrogen and oxygen atoms in total. The Morgan fingerprint density at radius 2 is 1.44 bits per heavy atom. The Balaban J connectivity index is 1.40. The van der Waals surface area contributed by atoms with E-state index in [4.69, 9.17) is 9.47 Å². The highest BCUT2D eigenvalue weighted by Gasteiger charge is 2.24. The summed E-state index contributed by atoms with van der Waals surface area (Å²) >= 11 is 0. The van der Waals surface area contributed by atoms with Gasteiger partial charge in [-0.25, -0.2) is 13.2 Å². The van der Waals surface area contributed by atoms with Crippen molar-refractivity contribution in [1.29, 1.82) is 0 Å². The van der Waals surface area contributed by atoms with Gasteiger partial charge >= 0.3 is 0 Å². The fourth-order valence-corrected chi connectivity index (χ4v) is 4.56. The van der Waals surface area contributed by atoms with Crippen molar-refractivity contribution in [3.8, 4) is 16.9 Å². The number of ether oxygens (including phenoxy) is 2. The topological polar surface area (TPSA) is 18.5 Å². The molecule has 0 saturated heterocycles. The molecule has 1 aliphatic carbocycles. The second-order valence-electron chi connectivity index (χ2n) is 9.16. The maximum Gasteiger partial charge on any atom is 0.165 e. The smallest absolute Gasteiger partial charge is 0.165 e. The summed E-state index contributed by atoms with van der Waals surface area (Å²) in [5.74, 6) is -0.605. The van der Waals surface area contributed by atoms with Gasteiger partial charge in [-0.15, -0.1) is 0 Å². The first kappa shape index (κ1) is 24.3. The average Bonchev–Trinajstić information content (AvgIpc) is 2.85. The van der Waals surface area contributed by atoms with Gasteiger partial charge < -0.3 is 9.47 Å². The first-order valence-electron chi connectivity index (χ1n) is 12.0. The van der Waals surface area contributed by atoms with Crippen molar-refractivity contribution in [1.82, 2.24) is 0 Å². The van der Waals surface area contributed by atoms with E-state index >= 15 is 0 Å². The molecular weight excluding hydrogens is 437 g/mol. The van der Waals surface area contributed by atoms with Gasteiger partial charge in [0.1, 0.15) is 18.2 Å². The summed E-state index contributed by atoms with van der Waals surface area (Å²) in [7, 11) is 0. The standard InChI is InChI=1S/C29H31F3O2/c1-3-33-17-23-9-8-22(16-27(23)30)20-10-13-25(14-11-20)34-18-24-12-15-26(29(32)28(24)31)21-6-4-19(2)5-7-21/h8-16,19,21H,3-7,17-18H2,1-2H3. The third-order valence-corrected chi connectivity index (χ3v) is 6.74. The summed E-state index contributed by atoms with van der Waals surface area (Å²) in [5, 5.41) is 0. The second kappa shape index (κ2) is 11.1. The molecule has 0 spiro atoms. The summed E-state index contributed by atoms with van der Waals surface area (Å²) in [6.07, 6.45) is 3.91. The number of hydrogen-bond donors (Lipinski definition) is 0. The van der Waals surface area contributed by atoms with Gasteiger partial charge in [0.05, 0.1) is 6.61 Å². The summed E-state index contributed by atoms with van der Waals surface area (Å²) in [6, 6.07) is 15.5. The van der Waals surface area contributed by atoms with Gasteiger partial charge in [-0.05, 0) is 66.5 Å². The molecule has 180 valence electrons. The van der Waals surface area contributed by atoms with Crippen molar-refractivity contribution in [3.63, 3.8) is 0 Å². The largest absolute Gasteiger partial charge is 0.489 e. The molecule has 1 fully saturated rings. The first-order valence-corrected chi connectivity index (χ1v) is 12.0. The van der Waals surface area contributed by atoms with Crippen LogP contribution in [0.2, 0.25) is 0 Å². The van der Waals surface area contributed by atoms with Crippen molar-refractivity contribution >= 4 is 0 Å². The van der Waals surface area contributed by atoms with Crippen LogP contribution >= 0.6 is 0 Å². The highest BCUT2D eigenvalue weighted by Crippen LogP contribution is 2.37. The zero-order chi connectivity index (χ0) is 24.1. The molecular formula is C29H31F3O2. The highest BCUT2D eigenvalue weighted by molar-refractivity contribution is 5.64. The minimum atomic E-state index is -0.824. The Kier molecular flexibility index (Phi) is 7.94. The molecule has 0 amide bonds. The lowest BCUT2D eigenvalue weighted by molar-refractivity contribution is 0.131. The number of halogens is 3. The van der Waals surface area contributed by atoms with Gasteiger partial charge in [-0.2, -0.15) is 0 Å². The third-order valence-electron chi connectivity index (χ3n) is 6.74. The van der Waals surface area contributed by atoms with E-state index in [9.17, 15) is 13.2 Å². The van der Waals surface area contributed by atoms with Crippen LogP contribution in [0.15, 0.2) is 54.6 Å². The molecule has 0 unspecified atom stereocenters. The van der Waals surface area contributed by atoms with Crippen molar-refractivity contribution in [3.05, 3.63) is 88.7 Å². The van der Waals surface area contributed by atoms with E-state index in [-0.39, 0.29) is 30.5 Å². The molecule has 4 rings (SSSR count). The third kappa shape index (κ3) is 5.64. The Hall–Kier alpha value is -2.79. The van der Waals surface area contributed by atoms with E-state index < -0.39 is 11.6 Å². The van der Waals surface area contributed by atoms with E-state index in [0.717, 1.165) is 36.8 Å². The predicted octanol–water partition coefficient (Wildman–Crippen LogP) is 8.18. The lowest BCUT2D eigenvalue weighted by Crippen LogP contribution is -2.13. The number of benzene rings is 3. The van der Waals surface area contributed by atoms with Crippen LogP contribution in [0.25, 0.3) is 11.1 Å². The van der Waals surface area contributed by atoms with Gasteiger partial charge in [0.15, 0.2) is 11.6 Å². The monoisotopic (exact) mass is 468 g/mol. The molecule has 5 heteroatoms. The van der Waals surface area contributed by atoms with Crippen LogP contribution in [0.5, 0.6) is 5.75 Å². The Bertz CT molecular complexity index is 1100. The maximum atomic E-state index is 14.8. The van der Waals surface area contributed by atoms with Crippen molar-refractivity contribution in [2.75, 3.05) is 6.61 Å². The normalized spacial score (nSPS) is 18.1. The molecule has 3 aromatic carbocycles. The van der Waals surface area contributed by atoms with Gasteiger partial charge in [0.2, 0.25) is 0 Å². The molecule has 0 atom stereocenters. The second-order valence-corrected chi connectivity index (χ2v) is 9.16. The summed E-state index contributed by atoms with van der Waals surface area (Å²) in [4.78, 5) is 0. The first-order chi connectivity index (χ1) is 16.5. The number of hydrogen-bond acceptors (Lipinski definition) is 2. The van der Waals surface area contributed by atoms with Crippen LogP contribution in [0.3, 0.4) is 0 Å². The molecule has 0 radical (unpaired) electrons. The molecule has 3 aromatic rings. The van der Waals surface area contributed by atoms with Crippen LogP contribution in [0.1, 0.15) is 62.1 Å². The number of rotatable bonds is 8. The molecule has 0 heterocycles. The Morgan fingerprint density at radius 3 is 2.12 bits per heavy atom. The average molecular weight is 469 g/mol. The molecule has 0 N–H and O–H groups in total. The van der Waals surface area contributed by atoms with Crippen LogP contribution < -0.4 is 4.74 Å². The molecule has 0 bridgehead atoms. The summed E-state index contributed by atoms with van der Waals surface area (Å²) < 4.78 is 54.8. The zero-order valence-corrected chi connectivity index (χ0v) is 19.8. The van der Waals surface area contributed by atoms with Crippen molar-refractivity contribution < 1.29 is 22.6 Å². The minimum Gasteiger partial charge on any atom is -0.489 e. The van der Waals surface area contributed by atoms with Crippen molar-refractivity contribution in [2.45, 2.75) is 58.7 Å². The summed E-state index contributed by atoms with van der Waals surface area (Å²) in [6.45, 7) is 4.78. The van der Waals surface area contributed by atoms with Gasteiger partial charge in [-0.3, -0.25) is 0 Å². The van der Waals surface area contributed by atoms with E-state index in [0.29, 0.717) is 29.4 Å². The molecule has 0 aromatic heterocycles. The highest BCUT2D eigenvalue weighted by atomic mass is 19.2. The summed E-state index contributed by atoms with van der Waals surface area (Å²) in [5.41, 5.74) is 2.77. The Labute approximate surface area is 199 Å². The van der Waals surface area contributed by atoms with Crippen molar-refractivity contribution in [2.24, 2.45) is 5.92 Å². The van der Waals surface area contributed by atoms with Crippen LogP contribution in [-0.2, 0) is 18.0 Å². The van der Waals surface area contributed by atoms with E-state index in [1.165, 1.54) is 6.07 Å². The Morgan fingerprint density at radius 1 is 0.765 bits per heavy atom. The lowest BCUT2D eigenvalue weighted by atomic mass is 9.79. The zero-order valence-electron chi connectivity index (χ0n) is 19.8. The molecule has 34 heavy (non-hydrogen) atoms. The SMILES string of the molecule is CCOCc1ccc(-c2ccc(OCc3ccc(C4CCC(C)CC4)c(F)c3F)cc2)cc1F. The van der Waals surface area contributed by atoms with Crippen LogP contribution in [0.4, 0.5) is 13.2 Å². The fraction of sp³-hybridized carbons (Fsp3) is 0.379. The van der Waals surface area contributed by atoms with E-state index in [1.54, 1.807) is 30.3 Å². The van der Waals surface area contributed by atoms with Gasteiger partial charge in [0, 0.05) is 17.7 Å². The predicted molar refractivity (Wildman–Crippen MR) is 128 cm³/mol. The quantitative estimate of drug-likeness (QED) is 0.332. The van der Waals surface area contributed by atoms with Crippen LogP contribution in [-0.4, -0.2) is 6.61 Å². The van der Waals surface area contributed by atoms with E-state index in [1.807, 2.05) is 25.1 Å². The molecule has 1 aliphatic rings. The van der Waals surface area contributed by atoms with Gasteiger partial charge in [0.25, 0.3) is 0 Å². The van der Waals surface area contributed by atoms with Gasteiger partial charge in [-0.1, -0.05) is 56.2 Å². The van der Waals surface area contributed by atoms with E-state index in [2.05, 4.69) is 6.92 Å². The van der Waals surface area contributed by atoms with Crippen LogP contribution in [0, 0.1) is 23.4 Å². The molecule has 1 saturated carbocycles. The maximum absolute atomic E-state index is 14.8. The minimum absolute atomic E-state index is 0.0646. The molecule has 0 aliphatic heterocycles.